The van der Waals surface area contributed by atoms with Gasteiger partial charge in [-0.1, -0.05) is 18.2 Å². The van der Waals surface area contributed by atoms with E-state index in [1.165, 1.54) is 17.3 Å². The van der Waals surface area contributed by atoms with Crippen molar-refractivity contribution in [3.63, 3.8) is 0 Å². The van der Waals surface area contributed by atoms with Crippen LogP contribution in [0.1, 0.15) is 41.7 Å². The van der Waals surface area contributed by atoms with Gasteiger partial charge in [0.2, 0.25) is 0 Å². The standard InChI is InChI=1S/C26H24N4O2/c31-26(24-5-2-4-23(29-24)19-14-27-16-28-15-19)30-20-7-8-21(30)13-17(12-20)11-18-3-1-6-25-22(18)9-10-32-25/h1-6,9-10,14-17,20-21H,7-8,11-13H2. The molecule has 2 saturated heterocycles. The zero-order valence-electron chi connectivity index (χ0n) is 17.7. The first-order chi connectivity index (χ1) is 15.8. The van der Waals surface area contributed by atoms with E-state index in [1.807, 2.05) is 24.3 Å². The molecule has 1 aromatic carbocycles. The minimum atomic E-state index is 0.0478. The van der Waals surface area contributed by atoms with Gasteiger partial charge in [-0.15, -0.1) is 0 Å². The highest BCUT2D eigenvalue weighted by atomic mass is 16.3. The van der Waals surface area contributed by atoms with Crippen LogP contribution < -0.4 is 0 Å². The quantitative estimate of drug-likeness (QED) is 0.465. The minimum absolute atomic E-state index is 0.0478. The van der Waals surface area contributed by atoms with Crippen LogP contribution in [-0.2, 0) is 6.42 Å². The monoisotopic (exact) mass is 424 g/mol. The Morgan fingerprint density at radius 2 is 1.78 bits per heavy atom. The molecule has 5 heterocycles. The van der Waals surface area contributed by atoms with Crippen molar-refractivity contribution >= 4 is 16.9 Å². The smallest absolute Gasteiger partial charge is 0.272 e. The van der Waals surface area contributed by atoms with Crippen LogP contribution in [0.2, 0.25) is 0 Å². The summed E-state index contributed by atoms with van der Waals surface area (Å²) in [5, 5.41) is 1.21. The number of nitrogens with zero attached hydrogens (tertiary/aromatic N) is 4. The van der Waals surface area contributed by atoms with Crippen molar-refractivity contribution in [2.45, 2.75) is 44.2 Å². The van der Waals surface area contributed by atoms with Gasteiger partial charge in [0.05, 0.1) is 12.0 Å². The molecule has 32 heavy (non-hydrogen) atoms. The zero-order valence-corrected chi connectivity index (χ0v) is 17.7. The van der Waals surface area contributed by atoms with Gasteiger partial charge in [0.1, 0.15) is 17.6 Å². The Bertz CT molecular complexity index is 1260. The molecule has 0 N–H and O–H groups in total. The van der Waals surface area contributed by atoms with Gasteiger partial charge in [0, 0.05) is 35.4 Å². The Hall–Kier alpha value is -3.54. The SMILES string of the molecule is O=C(c1cccc(-c2cncnc2)n1)N1C2CCC1CC(Cc1cccc3occc13)C2. The van der Waals surface area contributed by atoms with Crippen molar-refractivity contribution in [3.8, 4) is 11.3 Å². The van der Waals surface area contributed by atoms with Gasteiger partial charge >= 0.3 is 0 Å². The lowest BCUT2D eigenvalue weighted by Gasteiger charge is -2.39. The van der Waals surface area contributed by atoms with Gasteiger partial charge < -0.3 is 9.32 Å². The molecule has 2 atom stereocenters. The molecular weight excluding hydrogens is 400 g/mol. The van der Waals surface area contributed by atoms with Crippen molar-refractivity contribution < 1.29 is 9.21 Å². The number of pyridine rings is 1. The van der Waals surface area contributed by atoms with E-state index in [2.05, 4.69) is 38.1 Å². The van der Waals surface area contributed by atoms with Crippen LogP contribution in [0.4, 0.5) is 0 Å². The van der Waals surface area contributed by atoms with E-state index >= 15 is 0 Å². The van der Waals surface area contributed by atoms with Crippen LogP contribution in [0.15, 0.2) is 71.9 Å². The highest BCUT2D eigenvalue weighted by Gasteiger charge is 2.43. The van der Waals surface area contributed by atoms with E-state index in [-0.39, 0.29) is 5.91 Å². The Labute approximate surface area is 186 Å². The number of benzene rings is 1. The first kappa shape index (κ1) is 19.2. The summed E-state index contributed by atoms with van der Waals surface area (Å²) in [4.78, 5) is 28.4. The number of piperidine rings is 1. The van der Waals surface area contributed by atoms with E-state index in [1.54, 1.807) is 18.7 Å². The predicted molar refractivity (Wildman–Crippen MR) is 121 cm³/mol. The van der Waals surface area contributed by atoms with Crippen molar-refractivity contribution in [2.75, 3.05) is 0 Å². The molecule has 6 heteroatoms. The summed E-state index contributed by atoms with van der Waals surface area (Å²) in [5.74, 6) is 0.629. The van der Waals surface area contributed by atoms with Crippen LogP contribution in [0.25, 0.3) is 22.2 Å². The number of hydrogen-bond acceptors (Lipinski definition) is 5. The summed E-state index contributed by atoms with van der Waals surface area (Å²) < 4.78 is 5.57. The van der Waals surface area contributed by atoms with Gasteiger partial charge in [-0.05, 0) is 67.9 Å². The summed E-state index contributed by atoms with van der Waals surface area (Å²) in [6, 6.07) is 14.6. The van der Waals surface area contributed by atoms with Crippen LogP contribution in [0.5, 0.6) is 0 Å². The molecule has 160 valence electrons. The molecule has 0 radical (unpaired) electrons. The number of fused-ring (bicyclic) bond motifs is 3. The lowest BCUT2D eigenvalue weighted by molar-refractivity contribution is 0.0519. The van der Waals surface area contributed by atoms with E-state index in [9.17, 15) is 4.79 Å². The van der Waals surface area contributed by atoms with Crippen molar-refractivity contribution in [2.24, 2.45) is 5.92 Å². The molecule has 6 nitrogen and oxygen atoms in total. The molecule has 1 amide bonds. The lowest BCUT2D eigenvalue weighted by atomic mass is 9.85. The molecule has 6 rings (SSSR count). The second kappa shape index (κ2) is 7.86. The van der Waals surface area contributed by atoms with Gasteiger partial charge in [-0.2, -0.15) is 0 Å². The fourth-order valence-corrected chi connectivity index (χ4v) is 5.61. The van der Waals surface area contributed by atoms with Crippen molar-refractivity contribution in [3.05, 3.63) is 78.7 Å². The molecule has 0 aliphatic carbocycles. The maximum Gasteiger partial charge on any atom is 0.272 e. The number of amides is 1. The zero-order chi connectivity index (χ0) is 21.5. The van der Waals surface area contributed by atoms with Crippen molar-refractivity contribution in [1.82, 2.24) is 19.9 Å². The van der Waals surface area contributed by atoms with Crippen molar-refractivity contribution in [1.29, 1.82) is 0 Å². The summed E-state index contributed by atoms with van der Waals surface area (Å²) in [7, 11) is 0. The molecule has 2 bridgehead atoms. The van der Waals surface area contributed by atoms with Gasteiger partial charge in [0.25, 0.3) is 5.91 Å². The van der Waals surface area contributed by atoms with E-state index < -0.39 is 0 Å². The highest BCUT2D eigenvalue weighted by molar-refractivity contribution is 5.93. The second-order valence-electron chi connectivity index (χ2n) is 8.92. The predicted octanol–water partition coefficient (Wildman–Crippen LogP) is 4.91. The fraction of sp³-hybridized carbons (Fsp3) is 0.308. The molecule has 2 aliphatic rings. The maximum absolute atomic E-state index is 13.5. The second-order valence-corrected chi connectivity index (χ2v) is 8.92. The summed E-state index contributed by atoms with van der Waals surface area (Å²) in [6.07, 6.45) is 12.0. The first-order valence-corrected chi connectivity index (χ1v) is 11.3. The molecule has 0 saturated carbocycles. The average Bonchev–Trinajstić information content (AvgIpc) is 3.42. The van der Waals surface area contributed by atoms with E-state index in [0.717, 1.165) is 48.9 Å². The fourth-order valence-electron chi connectivity index (χ4n) is 5.61. The number of carbonyl (C=O) groups is 1. The van der Waals surface area contributed by atoms with Gasteiger partial charge in [-0.3, -0.25) is 4.79 Å². The van der Waals surface area contributed by atoms with Crippen LogP contribution in [0.3, 0.4) is 0 Å². The summed E-state index contributed by atoms with van der Waals surface area (Å²) >= 11 is 0. The summed E-state index contributed by atoms with van der Waals surface area (Å²) in [5.41, 5.74) is 4.35. The van der Waals surface area contributed by atoms with Gasteiger partial charge in [0.15, 0.2) is 0 Å². The Morgan fingerprint density at radius 3 is 2.59 bits per heavy atom. The molecule has 4 aromatic rings. The molecule has 0 spiro atoms. The Kier molecular flexibility index (Phi) is 4.71. The molecule has 2 aliphatic heterocycles. The van der Waals surface area contributed by atoms with E-state index in [0.29, 0.717) is 23.7 Å². The largest absolute Gasteiger partial charge is 0.464 e. The van der Waals surface area contributed by atoms with Crippen LogP contribution in [-0.4, -0.2) is 37.8 Å². The third-order valence-corrected chi connectivity index (χ3v) is 6.98. The molecular formula is C26H24N4O2. The summed E-state index contributed by atoms with van der Waals surface area (Å²) in [6.45, 7) is 0. The lowest BCUT2D eigenvalue weighted by Crippen LogP contribution is -2.47. The number of hydrogen-bond donors (Lipinski definition) is 0. The molecule has 2 unspecified atom stereocenters. The van der Waals surface area contributed by atoms with Gasteiger partial charge in [-0.25, -0.2) is 15.0 Å². The first-order valence-electron chi connectivity index (χ1n) is 11.3. The number of furan rings is 1. The maximum atomic E-state index is 13.5. The van der Waals surface area contributed by atoms with Crippen LogP contribution >= 0.6 is 0 Å². The number of carbonyl (C=O) groups excluding carboxylic acids is 1. The van der Waals surface area contributed by atoms with Crippen LogP contribution in [0, 0.1) is 5.92 Å². The Morgan fingerprint density at radius 1 is 1.00 bits per heavy atom. The number of rotatable bonds is 4. The Balaban J connectivity index is 1.21. The topological polar surface area (TPSA) is 72.1 Å². The minimum Gasteiger partial charge on any atom is -0.464 e. The average molecular weight is 425 g/mol. The third kappa shape index (κ3) is 3.36. The normalized spacial score (nSPS) is 22.4. The van der Waals surface area contributed by atoms with E-state index in [4.69, 9.17) is 4.42 Å². The highest BCUT2D eigenvalue weighted by Crippen LogP contribution is 2.41. The number of aromatic nitrogens is 3. The molecule has 3 aromatic heterocycles. The third-order valence-electron chi connectivity index (χ3n) is 6.98. The molecule has 2 fully saturated rings.